The van der Waals surface area contributed by atoms with Gasteiger partial charge in [0.25, 0.3) is 0 Å². The van der Waals surface area contributed by atoms with Gasteiger partial charge in [-0.05, 0) is 43.9 Å². The summed E-state index contributed by atoms with van der Waals surface area (Å²) in [7, 11) is 1.62. The maximum atomic E-state index is 7.56. The number of amidine groups is 1. The quantitative estimate of drug-likeness (QED) is 0.641. The summed E-state index contributed by atoms with van der Waals surface area (Å²) in [6.45, 7) is 5.50. The van der Waals surface area contributed by atoms with Crippen molar-refractivity contribution in [3.8, 4) is 5.75 Å². The van der Waals surface area contributed by atoms with E-state index in [-0.39, 0.29) is 5.84 Å². The Balaban J connectivity index is 2.19. The van der Waals surface area contributed by atoms with Gasteiger partial charge in [-0.2, -0.15) is 0 Å². The van der Waals surface area contributed by atoms with Crippen LogP contribution in [-0.2, 0) is 6.54 Å². The van der Waals surface area contributed by atoms with Gasteiger partial charge in [0.1, 0.15) is 11.6 Å². The first-order chi connectivity index (χ1) is 9.56. The SMILES string of the molecule is CCC1CCC(C)N1Cc1ccc(C(=N)N)c(OC)c1. The zero-order valence-electron chi connectivity index (χ0n) is 12.6. The van der Waals surface area contributed by atoms with Crippen LogP contribution in [0.3, 0.4) is 0 Å². The number of hydrogen-bond acceptors (Lipinski definition) is 3. The monoisotopic (exact) mass is 275 g/mol. The molecule has 0 spiro atoms. The smallest absolute Gasteiger partial charge is 0.130 e. The lowest BCUT2D eigenvalue weighted by Gasteiger charge is -2.28. The highest BCUT2D eigenvalue weighted by molar-refractivity contribution is 5.97. The standard InChI is InChI=1S/C16H25N3O/c1-4-13-7-5-11(2)19(13)10-12-6-8-14(16(17)18)15(9-12)20-3/h6,8-9,11,13H,4-5,7,10H2,1-3H3,(H3,17,18). The van der Waals surface area contributed by atoms with Gasteiger partial charge < -0.3 is 10.5 Å². The molecule has 1 aromatic rings. The minimum Gasteiger partial charge on any atom is -0.496 e. The number of methoxy groups -OCH3 is 1. The molecule has 0 bridgehead atoms. The van der Waals surface area contributed by atoms with Gasteiger partial charge in [-0.15, -0.1) is 0 Å². The number of nitrogen functional groups attached to an aromatic ring is 1. The van der Waals surface area contributed by atoms with Crippen LogP contribution in [0.5, 0.6) is 5.75 Å². The molecule has 1 aliphatic heterocycles. The molecule has 4 heteroatoms. The van der Waals surface area contributed by atoms with E-state index in [0.29, 0.717) is 23.4 Å². The number of likely N-dealkylation sites (tertiary alicyclic amines) is 1. The van der Waals surface area contributed by atoms with E-state index in [2.05, 4.69) is 24.8 Å². The molecular formula is C16H25N3O. The number of nitrogens with two attached hydrogens (primary N) is 1. The van der Waals surface area contributed by atoms with Crippen molar-refractivity contribution in [1.29, 1.82) is 5.41 Å². The topological polar surface area (TPSA) is 62.3 Å². The van der Waals surface area contributed by atoms with Gasteiger partial charge in [0.05, 0.1) is 12.7 Å². The van der Waals surface area contributed by atoms with E-state index in [1.54, 1.807) is 7.11 Å². The molecular weight excluding hydrogens is 250 g/mol. The van der Waals surface area contributed by atoms with E-state index < -0.39 is 0 Å². The Bertz CT molecular complexity index is 487. The molecule has 4 nitrogen and oxygen atoms in total. The number of ether oxygens (including phenoxy) is 1. The lowest BCUT2D eigenvalue weighted by Crippen LogP contribution is -2.33. The molecule has 0 amide bonds. The van der Waals surface area contributed by atoms with Crippen molar-refractivity contribution in [2.45, 2.75) is 51.7 Å². The van der Waals surface area contributed by atoms with Crippen LogP contribution < -0.4 is 10.5 Å². The third-order valence-electron chi connectivity index (χ3n) is 4.35. The van der Waals surface area contributed by atoms with Gasteiger partial charge in [0, 0.05) is 18.6 Å². The van der Waals surface area contributed by atoms with Gasteiger partial charge in [0.15, 0.2) is 0 Å². The van der Waals surface area contributed by atoms with Crippen LogP contribution >= 0.6 is 0 Å². The first kappa shape index (κ1) is 14.9. The predicted molar refractivity (Wildman–Crippen MR) is 82.3 cm³/mol. The molecule has 0 saturated carbocycles. The minimum atomic E-state index is 0.0503. The fraction of sp³-hybridized carbons (Fsp3) is 0.562. The average molecular weight is 275 g/mol. The van der Waals surface area contributed by atoms with E-state index >= 15 is 0 Å². The molecule has 2 rings (SSSR count). The van der Waals surface area contributed by atoms with E-state index in [4.69, 9.17) is 15.9 Å². The molecule has 1 saturated heterocycles. The highest BCUT2D eigenvalue weighted by Gasteiger charge is 2.29. The van der Waals surface area contributed by atoms with Crippen molar-refractivity contribution in [1.82, 2.24) is 4.90 Å². The van der Waals surface area contributed by atoms with Crippen molar-refractivity contribution in [2.24, 2.45) is 5.73 Å². The second-order valence-electron chi connectivity index (χ2n) is 5.61. The summed E-state index contributed by atoms with van der Waals surface area (Å²) < 4.78 is 5.35. The van der Waals surface area contributed by atoms with Crippen LogP contribution in [0.1, 0.15) is 44.2 Å². The molecule has 3 N–H and O–H groups in total. The van der Waals surface area contributed by atoms with E-state index in [1.807, 2.05) is 12.1 Å². The van der Waals surface area contributed by atoms with Crippen LogP contribution in [-0.4, -0.2) is 29.9 Å². The van der Waals surface area contributed by atoms with E-state index in [0.717, 1.165) is 6.54 Å². The molecule has 1 aliphatic rings. The van der Waals surface area contributed by atoms with Crippen molar-refractivity contribution < 1.29 is 4.74 Å². The number of nitrogens with one attached hydrogen (secondary N) is 1. The van der Waals surface area contributed by atoms with Gasteiger partial charge in [-0.25, -0.2) is 0 Å². The molecule has 2 atom stereocenters. The second-order valence-corrected chi connectivity index (χ2v) is 5.61. The fourth-order valence-corrected chi connectivity index (χ4v) is 3.12. The zero-order chi connectivity index (χ0) is 14.7. The van der Waals surface area contributed by atoms with Gasteiger partial charge in [-0.1, -0.05) is 13.0 Å². The third kappa shape index (κ3) is 2.96. The molecule has 2 unspecified atom stereocenters. The van der Waals surface area contributed by atoms with E-state index in [9.17, 15) is 0 Å². The Kier molecular flexibility index (Phi) is 4.65. The fourth-order valence-electron chi connectivity index (χ4n) is 3.12. The molecule has 0 radical (unpaired) electrons. The van der Waals surface area contributed by atoms with Gasteiger partial charge in [-0.3, -0.25) is 10.3 Å². The maximum absolute atomic E-state index is 7.56. The van der Waals surface area contributed by atoms with Crippen molar-refractivity contribution >= 4 is 5.84 Å². The normalized spacial score (nSPS) is 22.9. The van der Waals surface area contributed by atoms with Crippen LogP contribution in [0.15, 0.2) is 18.2 Å². The second kappa shape index (κ2) is 6.27. The number of hydrogen-bond donors (Lipinski definition) is 2. The Labute approximate surface area is 121 Å². The largest absolute Gasteiger partial charge is 0.496 e. The highest BCUT2D eigenvalue weighted by Crippen LogP contribution is 2.29. The first-order valence-corrected chi connectivity index (χ1v) is 7.33. The van der Waals surface area contributed by atoms with E-state index in [1.165, 1.54) is 24.8 Å². The summed E-state index contributed by atoms with van der Waals surface area (Å²) in [6.07, 6.45) is 3.77. The zero-order valence-corrected chi connectivity index (χ0v) is 12.6. The summed E-state index contributed by atoms with van der Waals surface area (Å²) in [5.41, 5.74) is 7.45. The van der Waals surface area contributed by atoms with Crippen molar-refractivity contribution in [3.05, 3.63) is 29.3 Å². The number of nitrogens with zero attached hydrogens (tertiary/aromatic N) is 1. The van der Waals surface area contributed by atoms with Gasteiger partial charge >= 0.3 is 0 Å². The van der Waals surface area contributed by atoms with Crippen LogP contribution in [0.2, 0.25) is 0 Å². The van der Waals surface area contributed by atoms with Gasteiger partial charge in [0.2, 0.25) is 0 Å². The summed E-state index contributed by atoms with van der Waals surface area (Å²) in [4.78, 5) is 2.57. The van der Waals surface area contributed by atoms with Crippen molar-refractivity contribution in [2.75, 3.05) is 7.11 Å². The summed E-state index contributed by atoms with van der Waals surface area (Å²) in [5, 5.41) is 7.56. The summed E-state index contributed by atoms with van der Waals surface area (Å²) in [6, 6.07) is 7.27. The average Bonchev–Trinajstić information content (AvgIpc) is 2.79. The maximum Gasteiger partial charge on any atom is 0.130 e. The molecule has 0 aliphatic carbocycles. The molecule has 20 heavy (non-hydrogen) atoms. The van der Waals surface area contributed by atoms with Crippen LogP contribution in [0, 0.1) is 5.41 Å². The lowest BCUT2D eigenvalue weighted by atomic mass is 10.1. The number of benzene rings is 1. The molecule has 110 valence electrons. The third-order valence-corrected chi connectivity index (χ3v) is 4.35. The Hall–Kier alpha value is -1.55. The lowest BCUT2D eigenvalue weighted by molar-refractivity contribution is 0.189. The van der Waals surface area contributed by atoms with Crippen LogP contribution in [0.4, 0.5) is 0 Å². The highest BCUT2D eigenvalue weighted by atomic mass is 16.5. The molecule has 1 fully saturated rings. The summed E-state index contributed by atoms with van der Waals surface area (Å²) in [5.74, 6) is 0.740. The molecule has 1 heterocycles. The summed E-state index contributed by atoms with van der Waals surface area (Å²) >= 11 is 0. The first-order valence-electron chi connectivity index (χ1n) is 7.33. The minimum absolute atomic E-state index is 0.0503. The predicted octanol–water partition coefficient (Wildman–Crippen LogP) is 2.74. The number of rotatable bonds is 5. The Morgan fingerprint density at radius 1 is 1.45 bits per heavy atom. The molecule has 0 aromatic heterocycles. The molecule has 1 aromatic carbocycles. The Morgan fingerprint density at radius 2 is 2.20 bits per heavy atom. The van der Waals surface area contributed by atoms with Crippen LogP contribution in [0.25, 0.3) is 0 Å². The Morgan fingerprint density at radius 3 is 2.80 bits per heavy atom. The van der Waals surface area contributed by atoms with Crippen molar-refractivity contribution in [3.63, 3.8) is 0 Å².